The van der Waals surface area contributed by atoms with Crippen LogP contribution in [-0.2, 0) is 12.6 Å². The van der Waals surface area contributed by atoms with Crippen LogP contribution in [0.25, 0.3) is 0 Å². The highest BCUT2D eigenvalue weighted by molar-refractivity contribution is 5.50. The summed E-state index contributed by atoms with van der Waals surface area (Å²) < 4.78 is 38.8. The lowest BCUT2D eigenvalue weighted by molar-refractivity contribution is -0.137. The summed E-state index contributed by atoms with van der Waals surface area (Å²) in [6.45, 7) is 1.32. The van der Waals surface area contributed by atoms with Gasteiger partial charge in [-0.1, -0.05) is 36.4 Å². The molecule has 2 nitrogen and oxygen atoms in total. The van der Waals surface area contributed by atoms with Gasteiger partial charge in [0.25, 0.3) is 0 Å². The number of hydrogen-bond acceptors (Lipinski definition) is 2. The van der Waals surface area contributed by atoms with Crippen molar-refractivity contribution in [3.05, 3.63) is 65.7 Å². The van der Waals surface area contributed by atoms with E-state index in [4.69, 9.17) is 5.73 Å². The summed E-state index contributed by atoms with van der Waals surface area (Å²) in [5.41, 5.74) is 7.39. The number of piperidine rings is 1. The van der Waals surface area contributed by atoms with E-state index in [1.54, 1.807) is 6.07 Å². The number of rotatable bonds is 3. The summed E-state index contributed by atoms with van der Waals surface area (Å²) in [4.78, 5) is 1.98. The quantitative estimate of drug-likeness (QED) is 0.915. The molecule has 1 saturated heterocycles. The van der Waals surface area contributed by atoms with Gasteiger partial charge in [0, 0.05) is 24.8 Å². The molecule has 0 amide bonds. The van der Waals surface area contributed by atoms with Crippen molar-refractivity contribution in [1.29, 1.82) is 0 Å². The van der Waals surface area contributed by atoms with Gasteiger partial charge in [-0.25, -0.2) is 0 Å². The Morgan fingerprint density at radius 2 is 1.75 bits per heavy atom. The van der Waals surface area contributed by atoms with E-state index >= 15 is 0 Å². The topological polar surface area (TPSA) is 29.3 Å². The van der Waals surface area contributed by atoms with Crippen molar-refractivity contribution >= 4 is 5.69 Å². The molecular weight excluding hydrogens is 313 g/mol. The van der Waals surface area contributed by atoms with E-state index < -0.39 is 11.7 Å². The van der Waals surface area contributed by atoms with Crippen LogP contribution in [0.4, 0.5) is 18.9 Å². The van der Waals surface area contributed by atoms with Gasteiger partial charge in [-0.15, -0.1) is 0 Å². The summed E-state index contributed by atoms with van der Waals surface area (Å²) in [7, 11) is 0. The van der Waals surface area contributed by atoms with Crippen molar-refractivity contribution in [1.82, 2.24) is 0 Å². The molecule has 0 radical (unpaired) electrons. The minimum atomic E-state index is -4.32. The molecule has 2 aromatic carbocycles. The predicted octanol–water partition coefficient (Wildman–Crippen LogP) is 4.10. The second-order valence-corrected chi connectivity index (χ2v) is 6.50. The number of benzene rings is 2. The fourth-order valence-electron chi connectivity index (χ4n) is 3.43. The Balaban J connectivity index is 1.76. The molecule has 1 aliphatic heterocycles. The van der Waals surface area contributed by atoms with Crippen LogP contribution in [0.3, 0.4) is 0 Å². The minimum absolute atomic E-state index is 0.0259. The molecule has 0 aromatic heterocycles. The largest absolute Gasteiger partial charge is 0.416 e. The van der Waals surface area contributed by atoms with Gasteiger partial charge in [0.05, 0.1) is 5.56 Å². The van der Waals surface area contributed by atoms with E-state index in [0.717, 1.165) is 25.5 Å². The van der Waals surface area contributed by atoms with Crippen molar-refractivity contribution in [2.75, 3.05) is 18.0 Å². The monoisotopic (exact) mass is 334 g/mol. The smallest absolute Gasteiger partial charge is 0.370 e. The third-order valence-electron chi connectivity index (χ3n) is 4.48. The van der Waals surface area contributed by atoms with E-state index in [1.807, 2.05) is 23.1 Å². The maximum atomic E-state index is 12.9. The zero-order valence-electron chi connectivity index (χ0n) is 13.3. The average molecular weight is 334 g/mol. The molecule has 1 aliphatic rings. The molecule has 0 bridgehead atoms. The Morgan fingerprint density at radius 3 is 2.46 bits per heavy atom. The van der Waals surface area contributed by atoms with Crippen molar-refractivity contribution in [2.45, 2.75) is 25.1 Å². The normalized spacial score (nSPS) is 21.8. The average Bonchev–Trinajstić information content (AvgIpc) is 2.54. The van der Waals surface area contributed by atoms with E-state index in [-0.39, 0.29) is 6.04 Å². The Kier molecular flexibility index (Phi) is 4.81. The molecule has 5 heteroatoms. The second-order valence-electron chi connectivity index (χ2n) is 6.50. The van der Waals surface area contributed by atoms with Crippen LogP contribution in [0.2, 0.25) is 0 Å². The van der Waals surface area contributed by atoms with Gasteiger partial charge in [-0.3, -0.25) is 0 Å². The van der Waals surface area contributed by atoms with Gasteiger partial charge in [0.2, 0.25) is 0 Å². The van der Waals surface area contributed by atoms with Crippen LogP contribution in [0.1, 0.15) is 17.5 Å². The molecule has 2 atom stereocenters. The first-order chi connectivity index (χ1) is 11.4. The Labute approximate surface area is 140 Å². The van der Waals surface area contributed by atoms with E-state index in [1.165, 1.54) is 17.7 Å². The highest BCUT2D eigenvalue weighted by atomic mass is 19.4. The van der Waals surface area contributed by atoms with Crippen LogP contribution in [-0.4, -0.2) is 19.1 Å². The highest BCUT2D eigenvalue weighted by Crippen LogP contribution is 2.33. The van der Waals surface area contributed by atoms with Crippen molar-refractivity contribution in [3.8, 4) is 0 Å². The second kappa shape index (κ2) is 6.85. The van der Waals surface area contributed by atoms with E-state index in [0.29, 0.717) is 18.2 Å². The zero-order valence-corrected chi connectivity index (χ0v) is 13.3. The van der Waals surface area contributed by atoms with Crippen molar-refractivity contribution in [2.24, 2.45) is 11.7 Å². The Bertz CT molecular complexity index is 670. The predicted molar refractivity (Wildman–Crippen MR) is 89.9 cm³/mol. The third kappa shape index (κ3) is 4.09. The van der Waals surface area contributed by atoms with E-state index in [9.17, 15) is 13.2 Å². The van der Waals surface area contributed by atoms with Crippen LogP contribution in [0.5, 0.6) is 0 Å². The first kappa shape index (κ1) is 16.8. The van der Waals surface area contributed by atoms with Crippen molar-refractivity contribution < 1.29 is 13.2 Å². The summed E-state index contributed by atoms with van der Waals surface area (Å²) >= 11 is 0. The molecule has 1 fully saturated rings. The SMILES string of the molecule is NC1CC(Cc2ccccc2)CN(c2cccc(C(F)(F)F)c2)C1. The number of nitrogens with two attached hydrogens (primary N) is 1. The number of halogens is 3. The Hall–Kier alpha value is -2.01. The summed E-state index contributed by atoms with van der Waals surface area (Å²) in [5.74, 6) is 0.339. The molecule has 0 spiro atoms. The molecule has 128 valence electrons. The van der Waals surface area contributed by atoms with Gasteiger partial charge >= 0.3 is 6.18 Å². The standard InChI is InChI=1S/C19H21F3N2/c20-19(21,22)16-7-4-8-18(11-16)24-12-15(10-17(23)13-24)9-14-5-2-1-3-6-14/h1-8,11,15,17H,9-10,12-13,23H2. The highest BCUT2D eigenvalue weighted by Gasteiger charge is 2.32. The molecule has 2 unspecified atom stereocenters. The van der Waals surface area contributed by atoms with Gasteiger partial charge in [0.15, 0.2) is 0 Å². The summed E-state index contributed by atoms with van der Waals surface area (Å²) in [5, 5.41) is 0. The summed E-state index contributed by atoms with van der Waals surface area (Å²) in [6.07, 6.45) is -2.54. The molecule has 3 rings (SSSR count). The first-order valence-electron chi connectivity index (χ1n) is 8.13. The summed E-state index contributed by atoms with van der Waals surface area (Å²) in [6, 6.07) is 15.6. The third-order valence-corrected chi connectivity index (χ3v) is 4.48. The lowest BCUT2D eigenvalue weighted by Crippen LogP contribution is -2.47. The molecule has 1 heterocycles. The fraction of sp³-hybridized carbons (Fsp3) is 0.368. The lowest BCUT2D eigenvalue weighted by Gasteiger charge is -2.38. The fourth-order valence-corrected chi connectivity index (χ4v) is 3.43. The van der Waals surface area contributed by atoms with Gasteiger partial charge in [0.1, 0.15) is 0 Å². The molecule has 2 aromatic rings. The number of anilines is 1. The van der Waals surface area contributed by atoms with E-state index in [2.05, 4.69) is 12.1 Å². The van der Waals surface area contributed by atoms with Gasteiger partial charge in [-0.05, 0) is 42.5 Å². The molecule has 24 heavy (non-hydrogen) atoms. The minimum Gasteiger partial charge on any atom is -0.370 e. The molecule has 0 saturated carbocycles. The maximum Gasteiger partial charge on any atom is 0.416 e. The first-order valence-corrected chi connectivity index (χ1v) is 8.13. The zero-order chi connectivity index (χ0) is 17.2. The lowest BCUT2D eigenvalue weighted by atomic mass is 9.88. The van der Waals surface area contributed by atoms with Crippen LogP contribution < -0.4 is 10.6 Å². The van der Waals surface area contributed by atoms with Gasteiger partial charge < -0.3 is 10.6 Å². The number of nitrogens with zero attached hydrogens (tertiary/aromatic N) is 1. The van der Waals surface area contributed by atoms with Crippen molar-refractivity contribution in [3.63, 3.8) is 0 Å². The Morgan fingerprint density at radius 1 is 1.00 bits per heavy atom. The van der Waals surface area contributed by atoms with Crippen LogP contribution in [0, 0.1) is 5.92 Å². The molecule has 0 aliphatic carbocycles. The number of hydrogen-bond donors (Lipinski definition) is 1. The maximum absolute atomic E-state index is 12.9. The van der Waals surface area contributed by atoms with Crippen LogP contribution >= 0.6 is 0 Å². The molecule has 2 N–H and O–H groups in total. The van der Waals surface area contributed by atoms with Crippen LogP contribution in [0.15, 0.2) is 54.6 Å². The van der Waals surface area contributed by atoms with Gasteiger partial charge in [-0.2, -0.15) is 13.2 Å². The molecular formula is C19H21F3N2. The number of alkyl halides is 3.